The molecule has 28 heavy (non-hydrogen) atoms. The first-order chi connectivity index (χ1) is 13.5. The smallest absolute Gasteiger partial charge is 0.329 e. The molecule has 0 bridgehead atoms. The second-order valence-corrected chi connectivity index (χ2v) is 7.85. The first kappa shape index (κ1) is 22.3. The van der Waals surface area contributed by atoms with E-state index >= 15 is 0 Å². The van der Waals surface area contributed by atoms with Gasteiger partial charge in [0.25, 0.3) is 0 Å². The predicted octanol–water partition coefficient (Wildman–Crippen LogP) is 6.87. The molecule has 2 aromatic carbocycles. The molecule has 0 radical (unpaired) electrons. The Hall–Kier alpha value is -2.00. The van der Waals surface area contributed by atoms with E-state index in [-0.39, 0.29) is 5.92 Å². The van der Waals surface area contributed by atoms with Crippen molar-refractivity contribution in [2.75, 3.05) is 6.61 Å². The van der Waals surface area contributed by atoms with Crippen molar-refractivity contribution in [3.8, 4) is 22.6 Å². The molecular weight excluding hydrogens is 372 g/mol. The van der Waals surface area contributed by atoms with E-state index < -0.39 is 11.3 Å². The topological polar surface area (TPSA) is 35.5 Å². The van der Waals surface area contributed by atoms with Crippen LogP contribution >= 0.6 is 11.6 Å². The van der Waals surface area contributed by atoms with E-state index in [2.05, 4.69) is 6.92 Å². The summed E-state index contributed by atoms with van der Waals surface area (Å²) >= 11 is 6.04. The van der Waals surface area contributed by atoms with Crippen molar-refractivity contribution in [1.82, 2.24) is 0 Å². The van der Waals surface area contributed by atoms with Gasteiger partial charge in [-0.25, -0.2) is 0 Å². The van der Waals surface area contributed by atoms with Gasteiger partial charge in [-0.15, -0.1) is 11.6 Å². The van der Waals surface area contributed by atoms with Crippen LogP contribution in [-0.2, 0) is 4.79 Å². The van der Waals surface area contributed by atoms with E-state index in [4.69, 9.17) is 21.1 Å². The van der Waals surface area contributed by atoms with Gasteiger partial charge in [0.05, 0.1) is 6.61 Å². The summed E-state index contributed by atoms with van der Waals surface area (Å²) in [7, 11) is 0. The van der Waals surface area contributed by atoms with Crippen LogP contribution in [0.25, 0.3) is 11.1 Å². The maximum absolute atomic E-state index is 11.9. The number of halogens is 1. The van der Waals surface area contributed by atoms with Crippen LogP contribution in [0.2, 0.25) is 0 Å². The lowest BCUT2D eigenvalue weighted by Crippen LogP contribution is -2.25. The Kier molecular flexibility index (Phi) is 9.36. The summed E-state index contributed by atoms with van der Waals surface area (Å²) in [5, 5.41) is -0.640. The van der Waals surface area contributed by atoms with Crippen LogP contribution in [0.15, 0.2) is 48.5 Å². The molecule has 0 aliphatic carbocycles. The van der Waals surface area contributed by atoms with Gasteiger partial charge in [0.1, 0.15) is 16.9 Å². The Balaban J connectivity index is 1.85. The maximum atomic E-state index is 11.9. The first-order valence-corrected chi connectivity index (χ1v) is 10.6. The summed E-state index contributed by atoms with van der Waals surface area (Å²) in [6.07, 6.45) is 6.17. The molecule has 0 heterocycles. The molecule has 0 spiro atoms. The van der Waals surface area contributed by atoms with Crippen molar-refractivity contribution in [2.45, 2.75) is 58.3 Å². The molecule has 4 heteroatoms. The van der Waals surface area contributed by atoms with Gasteiger partial charge in [0.15, 0.2) is 0 Å². The van der Waals surface area contributed by atoms with Crippen molar-refractivity contribution in [3.63, 3.8) is 0 Å². The van der Waals surface area contributed by atoms with Crippen LogP contribution in [0.1, 0.15) is 52.9 Å². The van der Waals surface area contributed by atoms with Gasteiger partial charge >= 0.3 is 5.97 Å². The maximum Gasteiger partial charge on any atom is 0.329 e. The molecule has 3 nitrogen and oxygen atoms in total. The lowest BCUT2D eigenvalue weighted by molar-refractivity contribution is -0.134. The normalized spacial score (nSPS) is 12.0. The molecule has 0 N–H and O–H groups in total. The van der Waals surface area contributed by atoms with E-state index in [0.29, 0.717) is 5.75 Å². The zero-order valence-corrected chi connectivity index (χ0v) is 17.9. The molecule has 0 amide bonds. The molecule has 152 valence electrons. The third-order valence-corrected chi connectivity index (χ3v) is 5.27. The van der Waals surface area contributed by atoms with Crippen molar-refractivity contribution < 1.29 is 14.3 Å². The number of alkyl halides is 1. The number of esters is 1. The SMILES string of the molecule is CCCCCCCOc1ccc(-c2ccc(OC(=O)C(Cl)C(C)C)cc2)cc1. The Bertz CT molecular complexity index is 708. The Morgan fingerprint density at radius 3 is 1.93 bits per heavy atom. The summed E-state index contributed by atoms with van der Waals surface area (Å²) < 4.78 is 11.1. The minimum atomic E-state index is -0.640. The molecule has 2 rings (SSSR count). The molecule has 0 fully saturated rings. The van der Waals surface area contributed by atoms with Gasteiger partial charge in [0.2, 0.25) is 0 Å². The van der Waals surface area contributed by atoms with Crippen molar-refractivity contribution >= 4 is 17.6 Å². The molecule has 2 aromatic rings. The highest BCUT2D eigenvalue weighted by Gasteiger charge is 2.21. The van der Waals surface area contributed by atoms with Crippen LogP contribution < -0.4 is 9.47 Å². The van der Waals surface area contributed by atoms with Crippen LogP contribution in [0.4, 0.5) is 0 Å². The number of unbranched alkanes of at least 4 members (excludes halogenated alkanes) is 4. The molecule has 1 unspecified atom stereocenters. The summed E-state index contributed by atoms with van der Waals surface area (Å²) in [5.74, 6) is 1.01. The third kappa shape index (κ3) is 7.20. The number of ether oxygens (including phenoxy) is 2. The van der Waals surface area contributed by atoms with Gasteiger partial charge in [-0.05, 0) is 47.7 Å². The summed E-state index contributed by atoms with van der Waals surface area (Å²) in [5.41, 5.74) is 2.14. The molecule has 0 saturated carbocycles. The number of carbonyl (C=O) groups excluding carboxylic acids is 1. The minimum Gasteiger partial charge on any atom is -0.494 e. The zero-order valence-electron chi connectivity index (χ0n) is 17.1. The number of rotatable bonds is 11. The van der Waals surface area contributed by atoms with E-state index in [0.717, 1.165) is 29.9 Å². The van der Waals surface area contributed by atoms with Gasteiger partial charge in [-0.1, -0.05) is 70.7 Å². The van der Waals surface area contributed by atoms with Gasteiger partial charge < -0.3 is 9.47 Å². The van der Waals surface area contributed by atoms with E-state index in [1.807, 2.05) is 50.2 Å². The monoisotopic (exact) mass is 402 g/mol. The minimum absolute atomic E-state index is 0.0329. The number of hydrogen-bond donors (Lipinski definition) is 0. The van der Waals surface area contributed by atoms with E-state index in [9.17, 15) is 4.79 Å². The van der Waals surface area contributed by atoms with Crippen molar-refractivity contribution in [2.24, 2.45) is 5.92 Å². The van der Waals surface area contributed by atoms with Crippen molar-refractivity contribution in [1.29, 1.82) is 0 Å². The lowest BCUT2D eigenvalue weighted by atomic mass is 10.1. The summed E-state index contributed by atoms with van der Waals surface area (Å²) in [6, 6.07) is 15.5. The Morgan fingerprint density at radius 1 is 0.857 bits per heavy atom. The average Bonchev–Trinajstić information content (AvgIpc) is 2.71. The molecule has 0 saturated heterocycles. The van der Waals surface area contributed by atoms with Crippen molar-refractivity contribution in [3.05, 3.63) is 48.5 Å². The quantitative estimate of drug-likeness (QED) is 0.178. The highest BCUT2D eigenvalue weighted by atomic mass is 35.5. The fourth-order valence-electron chi connectivity index (χ4n) is 2.80. The van der Waals surface area contributed by atoms with Crippen LogP contribution in [-0.4, -0.2) is 18.0 Å². The summed E-state index contributed by atoms with van der Waals surface area (Å²) in [6.45, 7) is 6.77. The molecule has 0 aromatic heterocycles. The highest BCUT2D eigenvalue weighted by molar-refractivity contribution is 6.30. The number of hydrogen-bond acceptors (Lipinski definition) is 3. The lowest BCUT2D eigenvalue weighted by Gasteiger charge is -2.12. The summed E-state index contributed by atoms with van der Waals surface area (Å²) in [4.78, 5) is 11.9. The third-order valence-electron chi connectivity index (χ3n) is 4.59. The average molecular weight is 403 g/mol. The van der Waals surface area contributed by atoms with Crippen LogP contribution in [0.3, 0.4) is 0 Å². The fourth-order valence-corrected chi connectivity index (χ4v) is 2.84. The van der Waals surface area contributed by atoms with Gasteiger partial charge in [-0.3, -0.25) is 4.79 Å². The van der Waals surface area contributed by atoms with Gasteiger partial charge in [0, 0.05) is 0 Å². The second kappa shape index (κ2) is 11.8. The van der Waals surface area contributed by atoms with Gasteiger partial charge in [-0.2, -0.15) is 0 Å². The molecule has 1 atom stereocenters. The molecule has 0 aliphatic heterocycles. The highest BCUT2D eigenvalue weighted by Crippen LogP contribution is 2.25. The van der Waals surface area contributed by atoms with Crippen LogP contribution in [0.5, 0.6) is 11.5 Å². The zero-order chi connectivity index (χ0) is 20.4. The predicted molar refractivity (Wildman–Crippen MR) is 116 cm³/mol. The number of benzene rings is 2. The second-order valence-electron chi connectivity index (χ2n) is 7.38. The van der Waals surface area contributed by atoms with Crippen LogP contribution in [0, 0.1) is 5.92 Å². The Morgan fingerprint density at radius 2 is 1.39 bits per heavy atom. The Labute approximate surface area is 174 Å². The largest absolute Gasteiger partial charge is 0.494 e. The first-order valence-electron chi connectivity index (χ1n) is 10.2. The molecular formula is C24H31ClO3. The van der Waals surface area contributed by atoms with E-state index in [1.54, 1.807) is 12.1 Å². The fraction of sp³-hybridized carbons (Fsp3) is 0.458. The molecule has 0 aliphatic rings. The standard InChI is InChI=1S/C24H31ClO3/c1-4-5-6-7-8-17-27-21-13-9-19(10-14-21)20-11-15-22(16-12-20)28-24(26)23(25)18(2)3/h9-16,18,23H,4-8,17H2,1-3H3. The van der Waals surface area contributed by atoms with E-state index in [1.165, 1.54) is 25.7 Å². The number of carbonyl (C=O) groups is 1.